The van der Waals surface area contributed by atoms with Gasteiger partial charge in [0.05, 0.1) is 23.7 Å². The van der Waals surface area contributed by atoms with Gasteiger partial charge in [0.15, 0.2) is 0 Å². The SMILES string of the molecule is CC1CN(CC2CCCN2C(=O)CSCc2ccccn2)CC(C)O1. The number of nitrogens with zero attached hydrogens (tertiary/aromatic N) is 3. The fourth-order valence-electron chi connectivity index (χ4n) is 3.89. The molecule has 3 heterocycles. The lowest BCUT2D eigenvalue weighted by Gasteiger charge is -2.38. The fourth-order valence-corrected chi connectivity index (χ4v) is 4.72. The second-order valence-corrected chi connectivity index (χ2v) is 8.16. The average molecular weight is 364 g/mol. The molecule has 0 radical (unpaired) electrons. The molecule has 138 valence electrons. The third-order valence-corrected chi connectivity index (χ3v) is 5.81. The van der Waals surface area contributed by atoms with E-state index in [1.807, 2.05) is 18.2 Å². The van der Waals surface area contributed by atoms with E-state index in [-0.39, 0.29) is 18.1 Å². The number of pyridine rings is 1. The lowest BCUT2D eigenvalue weighted by Crippen LogP contribution is -2.51. The predicted octanol–water partition coefficient (Wildman–Crippen LogP) is 2.42. The Labute approximate surface area is 155 Å². The first kappa shape index (κ1) is 18.7. The molecule has 5 nitrogen and oxygen atoms in total. The molecule has 3 rings (SSSR count). The van der Waals surface area contributed by atoms with Crippen LogP contribution in [0.1, 0.15) is 32.4 Å². The predicted molar refractivity (Wildman–Crippen MR) is 102 cm³/mol. The molecule has 2 saturated heterocycles. The Morgan fingerprint density at radius 3 is 2.84 bits per heavy atom. The molecule has 1 aromatic heterocycles. The van der Waals surface area contributed by atoms with E-state index < -0.39 is 0 Å². The van der Waals surface area contributed by atoms with Crippen LogP contribution in [0.5, 0.6) is 0 Å². The number of thioether (sulfide) groups is 1. The number of carbonyl (C=O) groups excluding carboxylic acids is 1. The van der Waals surface area contributed by atoms with Crippen molar-refractivity contribution in [3.63, 3.8) is 0 Å². The number of likely N-dealkylation sites (tertiary alicyclic amines) is 1. The molecule has 2 aliphatic rings. The minimum Gasteiger partial charge on any atom is -0.373 e. The average Bonchev–Trinajstić information content (AvgIpc) is 3.03. The van der Waals surface area contributed by atoms with Gasteiger partial charge in [0.25, 0.3) is 0 Å². The van der Waals surface area contributed by atoms with Crippen LogP contribution in [0.15, 0.2) is 24.4 Å². The van der Waals surface area contributed by atoms with E-state index in [0.717, 1.165) is 50.5 Å². The van der Waals surface area contributed by atoms with Gasteiger partial charge in [0.1, 0.15) is 0 Å². The molecule has 2 fully saturated rings. The smallest absolute Gasteiger partial charge is 0.232 e. The van der Waals surface area contributed by atoms with Crippen molar-refractivity contribution in [2.75, 3.05) is 31.9 Å². The molecule has 6 heteroatoms. The molecular weight excluding hydrogens is 334 g/mol. The summed E-state index contributed by atoms with van der Waals surface area (Å²) in [5, 5.41) is 0. The largest absolute Gasteiger partial charge is 0.373 e. The van der Waals surface area contributed by atoms with Crippen LogP contribution in [0, 0.1) is 0 Å². The Hall–Kier alpha value is -1.11. The molecule has 0 saturated carbocycles. The highest BCUT2D eigenvalue weighted by Crippen LogP contribution is 2.22. The van der Waals surface area contributed by atoms with Crippen molar-refractivity contribution in [2.24, 2.45) is 0 Å². The number of ether oxygens (including phenoxy) is 1. The molecule has 3 unspecified atom stereocenters. The highest BCUT2D eigenvalue weighted by molar-refractivity contribution is 7.99. The Balaban J connectivity index is 1.46. The summed E-state index contributed by atoms with van der Waals surface area (Å²) in [6.45, 7) is 8.09. The van der Waals surface area contributed by atoms with Crippen LogP contribution < -0.4 is 0 Å². The van der Waals surface area contributed by atoms with Gasteiger partial charge in [0, 0.05) is 44.2 Å². The third kappa shape index (κ3) is 5.43. The van der Waals surface area contributed by atoms with Gasteiger partial charge >= 0.3 is 0 Å². The molecule has 2 aliphatic heterocycles. The molecule has 1 amide bonds. The summed E-state index contributed by atoms with van der Waals surface area (Å²) < 4.78 is 5.82. The van der Waals surface area contributed by atoms with Crippen molar-refractivity contribution >= 4 is 17.7 Å². The minimum absolute atomic E-state index is 0.276. The number of aromatic nitrogens is 1. The van der Waals surface area contributed by atoms with Crippen LogP contribution in [-0.2, 0) is 15.3 Å². The molecule has 0 aliphatic carbocycles. The van der Waals surface area contributed by atoms with Crippen LogP contribution in [0.4, 0.5) is 0 Å². The van der Waals surface area contributed by atoms with Crippen molar-refractivity contribution in [3.8, 4) is 0 Å². The van der Waals surface area contributed by atoms with E-state index in [1.54, 1.807) is 18.0 Å². The zero-order chi connectivity index (χ0) is 17.6. The van der Waals surface area contributed by atoms with Crippen molar-refractivity contribution in [1.82, 2.24) is 14.8 Å². The lowest BCUT2D eigenvalue weighted by atomic mass is 10.1. The Morgan fingerprint density at radius 2 is 2.12 bits per heavy atom. The summed E-state index contributed by atoms with van der Waals surface area (Å²) in [5.74, 6) is 1.62. The molecule has 25 heavy (non-hydrogen) atoms. The summed E-state index contributed by atoms with van der Waals surface area (Å²) in [4.78, 5) is 21.5. The number of carbonyl (C=O) groups is 1. The normalized spacial score (nSPS) is 27.6. The molecule has 0 spiro atoms. The summed E-state index contributed by atoms with van der Waals surface area (Å²) in [7, 11) is 0. The number of rotatable bonds is 6. The van der Waals surface area contributed by atoms with Crippen LogP contribution in [0.2, 0.25) is 0 Å². The molecule has 0 aromatic carbocycles. The highest BCUT2D eigenvalue weighted by atomic mass is 32.2. The zero-order valence-corrected chi connectivity index (χ0v) is 16.1. The van der Waals surface area contributed by atoms with Crippen molar-refractivity contribution in [3.05, 3.63) is 30.1 Å². The Morgan fingerprint density at radius 1 is 1.32 bits per heavy atom. The van der Waals surface area contributed by atoms with E-state index in [2.05, 4.69) is 28.6 Å². The maximum absolute atomic E-state index is 12.7. The highest BCUT2D eigenvalue weighted by Gasteiger charge is 2.32. The second kappa shape index (κ2) is 9.01. The van der Waals surface area contributed by atoms with E-state index in [0.29, 0.717) is 11.8 Å². The van der Waals surface area contributed by atoms with E-state index >= 15 is 0 Å². The van der Waals surface area contributed by atoms with Crippen molar-refractivity contribution < 1.29 is 9.53 Å². The topological polar surface area (TPSA) is 45.7 Å². The number of hydrogen-bond acceptors (Lipinski definition) is 5. The number of hydrogen-bond donors (Lipinski definition) is 0. The summed E-state index contributed by atoms with van der Waals surface area (Å²) in [6.07, 6.45) is 4.61. The van der Waals surface area contributed by atoms with E-state index in [4.69, 9.17) is 4.74 Å². The van der Waals surface area contributed by atoms with Gasteiger partial charge < -0.3 is 9.64 Å². The number of amides is 1. The number of morpholine rings is 1. The van der Waals surface area contributed by atoms with Gasteiger partial charge in [-0.05, 0) is 38.8 Å². The second-order valence-electron chi connectivity index (χ2n) is 7.17. The Bertz CT molecular complexity index is 547. The maximum Gasteiger partial charge on any atom is 0.232 e. The standard InChI is InChI=1S/C19H29N3O2S/c1-15-10-21(11-16(2)24-15)12-18-7-5-9-22(18)19(23)14-25-13-17-6-3-4-8-20-17/h3-4,6,8,15-16,18H,5,7,9-14H2,1-2H3. The molecule has 3 atom stereocenters. The Kier molecular flexibility index (Phi) is 6.73. The summed E-state index contributed by atoms with van der Waals surface area (Å²) in [5.41, 5.74) is 1.04. The molecular formula is C19H29N3O2S. The maximum atomic E-state index is 12.7. The van der Waals surface area contributed by atoms with Gasteiger partial charge in [0.2, 0.25) is 5.91 Å². The monoisotopic (exact) mass is 363 g/mol. The molecule has 0 bridgehead atoms. The van der Waals surface area contributed by atoms with Gasteiger partial charge in [-0.2, -0.15) is 0 Å². The molecule has 0 N–H and O–H groups in total. The van der Waals surface area contributed by atoms with Gasteiger partial charge in [-0.15, -0.1) is 11.8 Å². The zero-order valence-electron chi connectivity index (χ0n) is 15.3. The van der Waals surface area contributed by atoms with Crippen LogP contribution in [0.3, 0.4) is 0 Å². The summed E-state index contributed by atoms with van der Waals surface area (Å²) >= 11 is 1.66. The van der Waals surface area contributed by atoms with Gasteiger partial charge in [-0.25, -0.2) is 0 Å². The molecule has 1 aromatic rings. The van der Waals surface area contributed by atoms with Crippen LogP contribution >= 0.6 is 11.8 Å². The van der Waals surface area contributed by atoms with Crippen LogP contribution in [-0.4, -0.2) is 70.9 Å². The van der Waals surface area contributed by atoms with E-state index in [1.165, 1.54) is 0 Å². The van der Waals surface area contributed by atoms with Crippen molar-refractivity contribution in [1.29, 1.82) is 0 Å². The lowest BCUT2D eigenvalue weighted by molar-refractivity contribution is -0.130. The van der Waals surface area contributed by atoms with Crippen molar-refractivity contribution in [2.45, 2.75) is 50.7 Å². The van der Waals surface area contributed by atoms with Crippen LogP contribution in [0.25, 0.3) is 0 Å². The first-order valence-electron chi connectivity index (χ1n) is 9.26. The third-order valence-electron chi connectivity index (χ3n) is 4.86. The van der Waals surface area contributed by atoms with Gasteiger partial charge in [-0.1, -0.05) is 6.07 Å². The van der Waals surface area contributed by atoms with Gasteiger partial charge in [-0.3, -0.25) is 14.7 Å². The fraction of sp³-hybridized carbons (Fsp3) is 0.684. The first-order chi connectivity index (χ1) is 12.1. The quantitative estimate of drug-likeness (QED) is 0.777. The minimum atomic E-state index is 0.276. The summed E-state index contributed by atoms with van der Waals surface area (Å²) in [6, 6.07) is 6.28. The first-order valence-corrected chi connectivity index (χ1v) is 10.4. The van der Waals surface area contributed by atoms with E-state index in [9.17, 15) is 4.79 Å².